The largest absolute Gasteiger partial charge is 0.573 e. The number of ether oxygens (including phenoxy) is 1. The monoisotopic (exact) mass is 529 g/mol. The summed E-state index contributed by atoms with van der Waals surface area (Å²) >= 11 is 0. The van der Waals surface area contributed by atoms with Gasteiger partial charge in [-0.05, 0) is 30.9 Å². The lowest BCUT2D eigenvalue weighted by atomic mass is 9.96. The van der Waals surface area contributed by atoms with Crippen LogP contribution in [0.2, 0.25) is 0 Å². The maximum absolute atomic E-state index is 13.0. The summed E-state index contributed by atoms with van der Waals surface area (Å²) in [6.45, 7) is 4.60. The van der Waals surface area contributed by atoms with Gasteiger partial charge in [-0.25, -0.2) is 0 Å². The minimum Gasteiger partial charge on any atom is -0.573 e. The molecule has 0 aliphatic rings. The van der Waals surface area contributed by atoms with Gasteiger partial charge in [0.15, 0.2) is 0 Å². The summed E-state index contributed by atoms with van der Waals surface area (Å²) in [6, 6.07) is 4.27. The molecule has 1 atom stereocenters. The molecule has 0 fully saturated rings. The number of unbranched alkanes of at least 4 members (excludes halogenated alkanes) is 4. The zero-order valence-corrected chi connectivity index (χ0v) is 20.7. The molecule has 3 aromatic rings. The summed E-state index contributed by atoms with van der Waals surface area (Å²) in [6.07, 6.45) is -0.958. The molecule has 3 rings (SSSR count). The highest BCUT2D eigenvalue weighted by atomic mass is 19.4. The van der Waals surface area contributed by atoms with Gasteiger partial charge in [-0.15, -0.1) is 0 Å². The highest BCUT2D eigenvalue weighted by Crippen LogP contribution is 2.34. The fourth-order valence-corrected chi connectivity index (χ4v) is 3.85. The summed E-state index contributed by atoms with van der Waals surface area (Å²) in [5.41, 5.74) is -2.82. The Morgan fingerprint density at radius 2 is 1.24 bits per heavy atom. The van der Waals surface area contributed by atoms with Crippen LogP contribution in [0, 0.1) is 5.92 Å². The first-order valence-corrected chi connectivity index (χ1v) is 12.3. The third-order valence-corrected chi connectivity index (χ3v) is 5.90. The Kier molecular flexibility index (Phi) is 9.61. The number of nitrogens with zero attached hydrogens (tertiary/aromatic N) is 5. The highest BCUT2D eigenvalue weighted by Gasteiger charge is 2.32. The molecule has 6 nitrogen and oxygen atoms in total. The van der Waals surface area contributed by atoms with Crippen LogP contribution in [-0.4, -0.2) is 21.8 Å². The van der Waals surface area contributed by atoms with Gasteiger partial charge < -0.3 is 25.1 Å². The number of hydrogen-bond donors (Lipinski definition) is 0. The van der Waals surface area contributed by atoms with Crippen molar-refractivity contribution < 1.29 is 31.1 Å². The van der Waals surface area contributed by atoms with Crippen LogP contribution in [0.15, 0.2) is 24.3 Å². The standard InChI is InChI=1S/C25H29F6N5O/c1-3-5-7-8-10-16(9-6-4-2)15-37-17-11-18(20-13-22(35-33-20)24(26,27)28)32-19(12-17)21-14-23(36-34-21)25(29,30)31/h11-14,16H,3-10,15H2,1-2H3/q-2. The maximum Gasteiger partial charge on any atom is 0.431 e. The third-order valence-electron chi connectivity index (χ3n) is 5.90. The minimum absolute atomic E-state index is 0.0277. The average molecular weight is 530 g/mol. The molecule has 0 saturated carbocycles. The number of pyridine rings is 1. The molecule has 3 heterocycles. The number of aromatic nitrogens is 5. The molecule has 0 aliphatic heterocycles. The first-order valence-electron chi connectivity index (χ1n) is 12.3. The minimum atomic E-state index is -4.70. The molecule has 1 unspecified atom stereocenters. The van der Waals surface area contributed by atoms with Gasteiger partial charge >= 0.3 is 12.4 Å². The molecule has 0 aliphatic carbocycles. The van der Waals surface area contributed by atoms with E-state index in [1.165, 1.54) is 12.1 Å². The topological polar surface area (TPSA) is 76.1 Å². The van der Waals surface area contributed by atoms with E-state index in [9.17, 15) is 26.3 Å². The summed E-state index contributed by atoms with van der Waals surface area (Å²) < 4.78 is 84.3. The number of alkyl halides is 6. The Morgan fingerprint density at radius 3 is 1.70 bits per heavy atom. The van der Waals surface area contributed by atoms with E-state index in [0.29, 0.717) is 6.61 Å². The van der Waals surface area contributed by atoms with Gasteiger partial charge in [0.1, 0.15) is 17.1 Å². The number of hydrogen-bond acceptors (Lipinski definition) is 4. The van der Waals surface area contributed by atoms with Crippen LogP contribution in [0.4, 0.5) is 26.3 Å². The van der Waals surface area contributed by atoms with E-state index in [0.717, 1.165) is 63.5 Å². The third kappa shape index (κ3) is 8.22. The van der Waals surface area contributed by atoms with Crippen molar-refractivity contribution in [2.45, 2.75) is 77.6 Å². The molecule has 0 bridgehead atoms. The van der Waals surface area contributed by atoms with E-state index in [2.05, 4.69) is 39.2 Å². The molecule has 12 heteroatoms. The summed E-state index contributed by atoms with van der Waals surface area (Å²) in [7, 11) is 0. The smallest absolute Gasteiger partial charge is 0.431 e. The van der Waals surface area contributed by atoms with Crippen LogP contribution < -0.4 is 14.9 Å². The van der Waals surface area contributed by atoms with E-state index in [1.54, 1.807) is 0 Å². The van der Waals surface area contributed by atoms with Crippen LogP contribution in [-0.2, 0) is 12.4 Å². The van der Waals surface area contributed by atoms with Crippen LogP contribution in [0.25, 0.3) is 22.8 Å². The quantitative estimate of drug-likeness (QED) is 0.171. The second-order valence-corrected chi connectivity index (χ2v) is 8.97. The SMILES string of the molecule is CCCCCCC(CCCC)COc1cc(-c2cc(C(F)(F)F)n[n-]2)nc(-c2cc(C(F)(F)F)n[n-]2)c1. The first kappa shape index (κ1) is 28.5. The van der Waals surface area contributed by atoms with Crippen LogP contribution >= 0.6 is 0 Å². The first-order chi connectivity index (χ1) is 17.5. The predicted octanol–water partition coefficient (Wildman–Crippen LogP) is 7.31. The second-order valence-electron chi connectivity index (χ2n) is 8.97. The molecule has 37 heavy (non-hydrogen) atoms. The van der Waals surface area contributed by atoms with Crippen molar-refractivity contribution in [3.05, 3.63) is 35.7 Å². The molecular weight excluding hydrogens is 500 g/mol. The van der Waals surface area contributed by atoms with E-state index in [1.807, 2.05) is 0 Å². The van der Waals surface area contributed by atoms with Crippen LogP contribution in [0.1, 0.15) is 76.6 Å². The van der Waals surface area contributed by atoms with Gasteiger partial charge in [-0.2, -0.15) is 26.3 Å². The fraction of sp³-hybridized carbons (Fsp3) is 0.560. The van der Waals surface area contributed by atoms with E-state index < -0.39 is 23.7 Å². The van der Waals surface area contributed by atoms with E-state index in [4.69, 9.17) is 4.74 Å². The summed E-state index contributed by atoms with van der Waals surface area (Å²) in [5.74, 6) is 0.506. The van der Waals surface area contributed by atoms with Crippen molar-refractivity contribution in [3.8, 4) is 28.5 Å². The Bertz CT molecular complexity index is 1050. The molecule has 0 N–H and O–H groups in total. The van der Waals surface area contributed by atoms with E-state index in [-0.39, 0.29) is 34.4 Å². The maximum atomic E-state index is 13.0. The molecule has 0 aromatic carbocycles. The summed E-state index contributed by atoms with van der Waals surface area (Å²) in [5, 5.41) is 13.4. The van der Waals surface area contributed by atoms with Crippen LogP contribution in [0.5, 0.6) is 5.75 Å². The molecule has 204 valence electrons. The number of rotatable bonds is 13. The lowest BCUT2D eigenvalue weighted by molar-refractivity contribution is -0.142. The lowest BCUT2D eigenvalue weighted by Gasteiger charge is -2.19. The average Bonchev–Trinajstić information content (AvgIpc) is 3.53. The molecule has 0 amide bonds. The zero-order chi connectivity index (χ0) is 27.1. The molecule has 0 spiro atoms. The van der Waals surface area contributed by atoms with Gasteiger partial charge in [0, 0.05) is 12.1 Å². The zero-order valence-electron chi connectivity index (χ0n) is 20.7. The van der Waals surface area contributed by atoms with Crippen molar-refractivity contribution in [1.82, 2.24) is 25.4 Å². The van der Waals surface area contributed by atoms with Crippen molar-refractivity contribution in [2.24, 2.45) is 5.92 Å². The lowest BCUT2D eigenvalue weighted by Crippen LogP contribution is -2.13. The Hall–Kier alpha value is -3.05. The fourth-order valence-electron chi connectivity index (χ4n) is 3.85. The predicted molar refractivity (Wildman–Crippen MR) is 125 cm³/mol. The van der Waals surface area contributed by atoms with Crippen molar-refractivity contribution in [1.29, 1.82) is 0 Å². The second kappa shape index (κ2) is 12.5. The van der Waals surface area contributed by atoms with Crippen molar-refractivity contribution in [2.75, 3.05) is 6.61 Å². The van der Waals surface area contributed by atoms with Crippen LogP contribution in [0.3, 0.4) is 0 Å². The van der Waals surface area contributed by atoms with E-state index >= 15 is 0 Å². The van der Waals surface area contributed by atoms with Gasteiger partial charge in [0.2, 0.25) is 0 Å². The Morgan fingerprint density at radius 1 is 0.730 bits per heavy atom. The van der Waals surface area contributed by atoms with Gasteiger partial charge in [-0.1, -0.05) is 63.8 Å². The number of halogens is 6. The van der Waals surface area contributed by atoms with Gasteiger partial charge in [-0.3, -0.25) is 4.98 Å². The molecular formula is C25H29F6N5O-2. The normalized spacial score (nSPS) is 13.2. The molecule has 0 saturated heterocycles. The Labute approximate surface area is 211 Å². The molecule has 0 radical (unpaired) electrons. The van der Waals surface area contributed by atoms with Crippen molar-refractivity contribution >= 4 is 0 Å². The van der Waals surface area contributed by atoms with Gasteiger partial charge in [0.05, 0.1) is 18.0 Å². The Balaban J connectivity index is 1.89. The molecule has 3 aromatic heterocycles. The highest BCUT2D eigenvalue weighted by molar-refractivity contribution is 5.65. The van der Waals surface area contributed by atoms with Crippen molar-refractivity contribution in [3.63, 3.8) is 0 Å². The summed E-state index contributed by atoms with van der Waals surface area (Å²) in [4.78, 5) is 4.19. The van der Waals surface area contributed by atoms with Gasteiger partial charge in [0.25, 0.3) is 0 Å².